The molecule has 7 heteroatoms. The molecule has 2 aliphatic rings. The van der Waals surface area contributed by atoms with Crippen LogP contribution in [0.25, 0.3) is 11.3 Å². The maximum atomic E-state index is 12.5. The molecule has 1 saturated heterocycles. The molecule has 0 spiro atoms. The molecule has 0 saturated carbocycles. The molecule has 4 heterocycles. The molecule has 0 unspecified atom stereocenters. The first-order chi connectivity index (χ1) is 14.3. The van der Waals surface area contributed by atoms with Crippen molar-refractivity contribution in [1.82, 2.24) is 24.6 Å². The molecule has 29 heavy (non-hydrogen) atoms. The van der Waals surface area contributed by atoms with Crippen LogP contribution in [0.5, 0.6) is 0 Å². The monoisotopic (exact) mass is 391 g/mol. The number of aromatic nitrogens is 4. The fourth-order valence-corrected chi connectivity index (χ4v) is 4.46. The third-order valence-electron chi connectivity index (χ3n) is 6.15. The van der Waals surface area contributed by atoms with Gasteiger partial charge in [-0.1, -0.05) is 5.16 Å². The minimum atomic E-state index is -0.000516. The van der Waals surface area contributed by atoms with Gasteiger partial charge in [0.1, 0.15) is 11.5 Å². The van der Waals surface area contributed by atoms with Crippen LogP contribution in [0.2, 0.25) is 0 Å². The zero-order valence-corrected chi connectivity index (χ0v) is 16.5. The Hall–Kier alpha value is -2.80. The number of nitrogens with zero attached hydrogens (tertiary/aromatic N) is 5. The predicted octanol–water partition coefficient (Wildman–Crippen LogP) is 2.69. The average molecular weight is 391 g/mol. The van der Waals surface area contributed by atoms with Crippen LogP contribution in [0.1, 0.15) is 36.3 Å². The molecule has 0 bridgehead atoms. The molecule has 0 radical (unpaired) electrons. The number of piperidine rings is 1. The number of rotatable bonds is 5. The van der Waals surface area contributed by atoms with Crippen LogP contribution in [0.3, 0.4) is 0 Å². The summed E-state index contributed by atoms with van der Waals surface area (Å²) < 4.78 is 7.22. The lowest BCUT2D eigenvalue weighted by atomic mass is 9.96. The normalized spacial score (nSPS) is 17.5. The smallest absolute Gasteiger partial charge is 0.253 e. The van der Waals surface area contributed by atoms with E-state index in [2.05, 4.69) is 20.0 Å². The molecule has 1 aliphatic carbocycles. The van der Waals surface area contributed by atoms with Crippen LogP contribution in [-0.2, 0) is 25.9 Å². The molecule has 1 fully saturated rings. The highest BCUT2D eigenvalue weighted by atomic mass is 16.5. The minimum absolute atomic E-state index is 0.000516. The summed E-state index contributed by atoms with van der Waals surface area (Å²) in [7, 11) is 0. The van der Waals surface area contributed by atoms with Gasteiger partial charge in [-0.3, -0.25) is 19.2 Å². The van der Waals surface area contributed by atoms with E-state index in [9.17, 15) is 4.79 Å². The third-order valence-corrected chi connectivity index (χ3v) is 6.15. The summed E-state index contributed by atoms with van der Waals surface area (Å²) in [6, 6.07) is 5.38. The largest absolute Gasteiger partial charge is 0.361 e. The van der Waals surface area contributed by atoms with Crippen LogP contribution < -0.4 is 5.56 Å². The Balaban J connectivity index is 1.18. The summed E-state index contributed by atoms with van der Waals surface area (Å²) in [5.74, 6) is 1.59. The second kappa shape index (κ2) is 7.91. The standard InChI is InChI=1S/C22H25N5O2/c28-22-11-19(17-3-2-8-23-12-17)24-15-27(22)13-16-6-9-26(10-7-16)14-20-18-4-1-5-21(18)29-25-20/h2-3,8,11-12,15-16H,1,4-7,9-10,13-14H2. The van der Waals surface area contributed by atoms with Crippen molar-refractivity contribution in [2.45, 2.75) is 45.2 Å². The summed E-state index contributed by atoms with van der Waals surface area (Å²) in [5.41, 5.74) is 4.01. The lowest BCUT2D eigenvalue weighted by Crippen LogP contribution is -2.36. The summed E-state index contributed by atoms with van der Waals surface area (Å²) >= 11 is 0. The molecule has 3 aromatic rings. The SMILES string of the molecule is O=c1cc(-c2cccnc2)ncn1CC1CCN(Cc2noc3c2CCC3)CC1. The van der Waals surface area contributed by atoms with E-state index in [1.54, 1.807) is 29.4 Å². The van der Waals surface area contributed by atoms with Crippen molar-refractivity contribution < 1.29 is 4.52 Å². The molecule has 0 amide bonds. The van der Waals surface area contributed by atoms with Gasteiger partial charge in [0.25, 0.3) is 5.56 Å². The van der Waals surface area contributed by atoms with Crippen molar-refractivity contribution in [1.29, 1.82) is 0 Å². The summed E-state index contributed by atoms with van der Waals surface area (Å²) in [6.45, 7) is 3.67. The molecule has 5 rings (SSSR count). The summed E-state index contributed by atoms with van der Waals surface area (Å²) in [6.07, 6.45) is 10.6. The Morgan fingerprint density at radius 3 is 2.90 bits per heavy atom. The molecule has 0 aromatic carbocycles. The molecule has 0 N–H and O–H groups in total. The van der Waals surface area contributed by atoms with Crippen molar-refractivity contribution >= 4 is 0 Å². The van der Waals surface area contributed by atoms with Crippen LogP contribution in [0.15, 0.2) is 46.2 Å². The zero-order valence-electron chi connectivity index (χ0n) is 16.5. The van der Waals surface area contributed by atoms with Crippen molar-refractivity contribution in [2.75, 3.05) is 13.1 Å². The zero-order chi connectivity index (χ0) is 19.6. The van der Waals surface area contributed by atoms with E-state index < -0.39 is 0 Å². The lowest BCUT2D eigenvalue weighted by Gasteiger charge is -2.31. The van der Waals surface area contributed by atoms with Crippen molar-refractivity contribution in [3.63, 3.8) is 0 Å². The van der Waals surface area contributed by atoms with Crippen molar-refractivity contribution in [3.8, 4) is 11.3 Å². The fourth-order valence-electron chi connectivity index (χ4n) is 4.46. The van der Waals surface area contributed by atoms with E-state index >= 15 is 0 Å². The Morgan fingerprint density at radius 2 is 2.10 bits per heavy atom. The van der Waals surface area contributed by atoms with Crippen LogP contribution in [0.4, 0.5) is 0 Å². The van der Waals surface area contributed by atoms with Crippen LogP contribution in [0, 0.1) is 5.92 Å². The van der Waals surface area contributed by atoms with E-state index in [0.717, 1.165) is 68.9 Å². The fraction of sp³-hybridized carbons (Fsp3) is 0.455. The number of fused-ring (bicyclic) bond motifs is 1. The van der Waals surface area contributed by atoms with Gasteiger partial charge in [-0.15, -0.1) is 0 Å². The van der Waals surface area contributed by atoms with Gasteiger partial charge in [-0.2, -0.15) is 0 Å². The summed E-state index contributed by atoms with van der Waals surface area (Å²) in [5, 5.41) is 4.29. The van der Waals surface area contributed by atoms with Crippen LogP contribution >= 0.6 is 0 Å². The molecule has 150 valence electrons. The van der Waals surface area contributed by atoms with Gasteiger partial charge in [0.05, 0.1) is 12.0 Å². The maximum absolute atomic E-state index is 12.5. The quantitative estimate of drug-likeness (QED) is 0.666. The topological polar surface area (TPSA) is 77.1 Å². The number of hydrogen-bond acceptors (Lipinski definition) is 6. The van der Waals surface area contributed by atoms with Crippen molar-refractivity contribution in [3.05, 3.63) is 64.3 Å². The maximum Gasteiger partial charge on any atom is 0.253 e. The van der Waals surface area contributed by atoms with Gasteiger partial charge in [0.2, 0.25) is 0 Å². The highest BCUT2D eigenvalue weighted by Gasteiger charge is 2.25. The first-order valence-electron chi connectivity index (χ1n) is 10.4. The molecular weight excluding hydrogens is 366 g/mol. The Morgan fingerprint density at radius 1 is 1.21 bits per heavy atom. The molecule has 1 aliphatic heterocycles. The first kappa shape index (κ1) is 18.2. The van der Waals surface area contributed by atoms with E-state index in [1.165, 1.54) is 12.0 Å². The highest BCUT2D eigenvalue weighted by Crippen LogP contribution is 2.27. The minimum Gasteiger partial charge on any atom is -0.361 e. The molecule has 0 atom stereocenters. The lowest BCUT2D eigenvalue weighted by molar-refractivity contribution is 0.162. The predicted molar refractivity (Wildman–Crippen MR) is 108 cm³/mol. The van der Waals surface area contributed by atoms with Gasteiger partial charge in [-0.25, -0.2) is 4.98 Å². The van der Waals surface area contributed by atoms with Gasteiger partial charge in [-0.05, 0) is 56.8 Å². The molecular formula is C22H25N5O2. The van der Waals surface area contributed by atoms with E-state index in [4.69, 9.17) is 4.52 Å². The van der Waals surface area contributed by atoms with Gasteiger partial charge < -0.3 is 4.52 Å². The average Bonchev–Trinajstić information content (AvgIpc) is 3.37. The van der Waals surface area contributed by atoms with Crippen LogP contribution in [-0.4, -0.2) is 37.7 Å². The first-order valence-corrected chi connectivity index (χ1v) is 10.4. The van der Waals surface area contributed by atoms with E-state index in [1.807, 2.05) is 12.1 Å². The number of likely N-dealkylation sites (tertiary alicyclic amines) is 1. The van der Waals surface area contributed by atoms with Crippen molar-refractivity contribution in [2.24, 2.45) is 5.92 Å². The number of hydrogen-bond donors (Lipinski definition) is 0. The van der Waals surface area contributed by atoms with Gasteiger partial charge >= 0.3 is 0 Å². The molecule has 7 nitrogen and oxygen atoms in total. The summed E-state index contributed by atoms with van der Waals surface area (Å²) in [4.78, 5) is 23.6. The highest BCUT2D eigenvalue weighted by molar-refractivity contribution is 5.56. The Kier molecular flexibility index (Phi) is 4.97. The third kappa shape index (κ3) is 3.87. The van der Waals surface area contributed by atoms with E-state index in [-0.39, 0.29) is 5.56 Å². The Labute approximate surface area is 169 Å². The van der Waals surface area contributed by atoms with E-state index in [0.29, 0.717) is 11.6 Å². The number of aryl methyl sites for hydroxylation is 1. The number of pyridine rings is 1. The van der Waals surface area contributed by atoms with Gasteiger partial charge in [0, 0.05) is 49.1 Å². The van der Waals surface area contributed by atoms with Gasteiger partial charge in [0.15, 0.2) is 0 Å². The Bertz CT molecular complexity index is 1030. The second-order valence-corrected chi connectivity index (χ2v) is 8.11. The second-order valence-electron chi connectivity index (χ2n) is 8.11. The molecule has 3 aromatic heterocycles.